The molecule has 0 atom stereocenters. The molecule has 1 fully saturated rings. The zero-order chi connectivity index (χ0) is 36.6. The van der Waals surface area contributed by atoms with E-state index in [2.05, 4.69) is 0 Å². The summed E-state index contributed by atoms with van der Waals surface area (Å²) in [6.45, 7) is 0. The Bertz CT molecular complexity index is 6350. The van der Waals surface area contributed by atoms with E-state index in [-0.39, 0.29) is 0 Å². The Balaban J connectivity index is 1.31. The van der Waals surface area contributed by atoms with Crippen LogP contribution in [0.5, 0.6) is 0 Å². The van der Waals surface area contributed by atoms with Crippen molar-refractivity contribution in [1.29, 1.82) is 0 Å². The summed E-state index contributed by atoms with van der Waals surface area (Å²) in [5.41, 5.74) is 3.64. The van der Waals surface area contributed by atoms with Crippen molar-refractivity contribution < 1.29 is 14.8 Å². The SMILES string of the molecule is O1OC23c4c5c6c7c8c9c(c%10c%11c2c2c4c4c%12c5c5c6c6c8c8c%13c9c9c%10c%10c%11c%11c2c2c4c4c%12c%12c5c5c6c8c6c8c%13c9c9c%10c%10c%11c2c2c4c4c%12c5c6c5c8c9c%10c2c45)C73O1. The maximum absolute atomic E-state index is 7.42. The molecule has 63 heavy (non-hydrogen) atoms. The first kappa shape index (κ1) is 21.9. The Hall–Kier alpha value is -7.66. The second kappa shape index (κ2) is 4.70. The average molecular weight is 769 g/mol. The van der Waals surface area contributed by atoms with Crippen molar-refractivity contribution in [2.45, 2.75) is 11.2 Å². The number of hydrogen-bond acceptors (Lipinski definition) is 3. The van der Waals surface area contributed by atoms with Gasteiger partial charge in [-0.05, 0) is 291 Å². The number of hydrogen-bond donors (Lipinski definition) is 0. The Morgan fingerprint density at radius 2 is 0.222 bits per heavy atom. The van der Waals surface area contributed by atoms with Gasteiger partial charge in [0.1, 0.15) is 0 Å². The lowest BCUT2D eigenvalue weighted by Crippen LogP contribution is -2.49. The molecule has 0 unspecified atom stereocenters. The molecular formula is C60O3. The molecule has 33 rings (SSSR count). The summed E-state index contributed by atoms with van der Waals surface area (Å²) >= 11 is 0. The molecule has 0 radical (unpaired) electrons. The molecule has 1 saturated heterocycles. The maximum Gasteiger partial charge on any atom is 0.200 e. The zero-order valence-electron chi connectivity index (χ0n) is 31.2. The Kier molecular flexibility index (Phi) is 1.64. The van der Waals surface area contributed by atoms with E-state index in [9.17, 15) is 0 Å². The minimum absolute atomic E-state index is 0.946. The van der Waals surface area contributed by atoms with Crippen LogP contribution >= 0.6 is 0 Å². The molecule has 0 aromatic heterocycles. The van der Waals surface area contributed by atoms with Gasteiger partial charge in [-0.15, -0.1) is 0 Å². The van der Waals surface area contributed by atoms with Crippen LogP contribution in [0.3, 0.4) is 0 Å². The Morgan fingerprint density at radius 1 is 0.127 bits per heavy atom. The van der Waals surface area contributed by atoms with Crippen LogP contribution in [-0.2, 0) is 26.0 Å². The molecule has 2 spiro atoms. The third-order valence-corrected chi connectivity index (χ3v) is 23.5. The normalized spacial score (nSPS) is 23.8. The third-order valence-electron chi connectivity index (χ3n) is 23.5. The highest BCUT2D eigenvalue weighted by atomic mass is 17.5. The number of rotatable bonds is 0. The van der Waals surface area contributed by atoms with E-state index in [1.54, 1.807) is 205 Å². The summed E-state index contributed by atoms with van der Waals surface area (Å²) in [6.07, 6.45) is 0. The van der Waals surface area contributed by atoms with Crippen LogP contribution in [0.2, 0.25) is 0 Å². The first-order valence-corrected chi connectivity index (χ1v) is 23.2. The van der Waals surface area contributed by atoms with Crippen LogP contribution < -0.4 is 0 Å². The minimum atomic E-state index is -0.946. The fraction of sp³-hybridized carbons (Fsp3) is 0.0333. The predicted octanol–water partition coefficient (Wildman–Crippen LogP) is 16.1. The van der Waals surface area contributed by atoms with Gasteiger partial charge in [-0.2, -0.15) is 9.78 Å². The highest BCUT2D eigenvalue weighted by Crippen LogP contribution is 2.85. The van der Waals surface area contributed by atoms with Crippen molar-refractivity contribution >= 4 is 291 Å². The largest absolute Gasteiger partial charge is 0.200 e. The van der Waals surface area contributed by atoms with E-state index in [1.807, 2.05) is 0 Å². The molecule has 1 aliphatic heterocycles. The van der Waals surface area contributed by atoms with E-state index in [4.69, 9.17) is 14.8 Å². The molecule has 0 amide bonds. The molecular weight excluding hydrogens is 769 g/mol. The second-order valence-corrected chi connectivity index (χ2v) is 23.3. The van der Waals surface area contributed by atoms with Crippen molar-refractivity contribution in [2.24, 2.45) is 0 Å². The van der Waals surface area contributed by atoms with E-state index < -0.39 is 11.2 Å². The van der Waals surface area contributed by atoms with Gasteiger partial charge >= 0.3 is 0 Å². The molecule has 28 aromatic carbocycles. The van der Waals surface area contributed by atoms with Gasteiger partial charge in [-0.3, -0.25) is 0 Å². The zero-order valence-corrected chi connectivity index (χ0v) is 31.2. The van der Waals surface area contributed by atoms with Gasteiger partial charge < -0.3 is 0 Å². The van der Waals surface area contributed by atoms with Gasteiger partial charge in [0, 0.05) is 22.3 Å². The van der Waals surface area contributed by atoms with Gasteiger partial charge in [0.15, 0.2) is 11.2 Å². The molecule has 28 aromatic rings. The molecule has 0 N–H and O–H groups in total. The average Bonchev–Trinajstić information content (AvgIpc) is 4.12. The topological polar surface area (TPSA) is 27.7 Å². The van der Waals surface area contributed by atoms with E-state index in [0.717, 1.165) is 0 Å². The first-order valence-electron chi connectivity index (χ1n) is 23.2. The van der Waals surface area contributed by atoms with Crippen molar-refractivity contribution in [3.8, 4) is 0 Å². The fourth-order valence-electron chi connectivity index (χ4n) is 23.5. The van der Waals surface area contributed by atoms with Gasteiger partial charge in [0.25, 0.3) is 0 Å². The molecule has 4 aliphatic carbocycles. The minimum Gasteiger partial charge on any atom is -0.186 e. The molecule has 0 bridgehead atoms. The van der Waals surface area contributed by atoms with Gasteiger partial charge in [0.2, 0.25) is 0 Å². The van der Waals surface area contributed by atoms with Crippen LogP contribution in [0.25, 0.3) is 291 Å². The van der Waals surface area contributed by atoms with Gasteiger partial charge in [-0.25, -0.2) is 0 Å². The van der Waals surface area contributed by atoms with E-state index >= 15 is 0 Å². The Morgan fingerprint density at radius 3 is 0.333 bits per heavy atom. The smallest absolute Gasteiger partial charge is 0.186 e. The lowest BCUT2D eigenvalue weighted by molar-refractivity contribution is -0.478. The summed E-state index contributed by atoms with van der Waals surface area (Å²) in [7, 11) is 0. The van der Waals surface area contributed by atoms with Gasteiger partial charge in [-0.1, -0.05) is 5.04 Å². The molecule has 3 nitrogen and oxygen atoms in total. The summed E-state index contributed by atoms with van der Waals surface area (Å²) in [4.78, 5) is 14.8. The van der Waals surface area contributed by atoms with Crippen LogP contribution in [0.1, 0.15) is 22.3 Å². The van der Waals surface area contributed by atoms with E-state index in [0.29, 0.717) is 0 Å². The van der Waals surface area contributed by atoms with Crippen molar-refractivity contribution in [2.75, 3.05) is 0 Å². The predicted molar refractivity (Wildman–Crippen MR) is 257 cm³/mol. The van der Waals surface area contributed by atoms with Crippen LogP contribution in [0.15, 0.2) is 0 Å². The summed E-state index contributed by atoms with van der Waals surface area (Å²) in [5, 5.41) is 91.2. The molecule has 0 saturated carbocycles. The molecule has 3 heteroatoms. The van der Waals surface area contributed by atoms with Crippen molar-refractivity contribution in [3.63, 3.8) is 0 Å². The quantitative estimate of drug-likeness (QED) is 0.114. The van der Waals surface area contributed by atoms with Crippen molar-refractivity contribution in [3.05, 3.63) is 22.3 Å². The maximum atomic E-state index is 7.42. The monoisotopic (exact) mass is 768 g/mol. The van der Waals surface area contributed by atoms with Gasteiger partial charge in [0.05, 0.1) is 0 Å². The first-order chi connectivity index (χ1) is 31.4. The summed E-state index contributed by atoms with van der Waals surface area (Å²) < 4.78 is 0. The molecule has 1 heterocycles. The van der Waals surface area contributed by atoms with E-state index in [1.165, 1.54) is 108 Å². The molecule has 258 valence electrons. The Labute approximate surface area is 337 Å². The lowest BCUT2D eigenvalue weighted by atomic mass is 9.61. The highest BCUT2D eigenvalue weighted by Gasteiger charge is 2.76. The standard InChI is InChI=1S/C60O3/c61-59-55-47-39-29-19-11-3-1-2-5-9-7(3)15-23-17(9)27-21-13(5)14-6(2)10-8-4(1)12(11)20-26-16(8)24-18(10)28-22(14)32-31(21)41-35(27)45-37(23)43(33(39)25(15)19)51(55)53(45)57-49(41)50-42(32)36(28)46-38(24)44-34(26)40(30(20)29)48(47)56(59)52(44)54(46)58(50)60(57,59)62-63-61. The van der Waals surface area contributed by atoms with Crippen LogP contribution in [0.4, 0.5) is 0 Å². The highest BCUT2D eigenvalue weighted by molar-refractivity contribution is 6.82. The summed E-state index contributed by atoms with van der Waals surface area (Å²) in [5.74, 6) is 0. The lowest BCUT2D eigenvalue weighted by Gasteiger charge is -2.43. The third kappa shape index (κ3) is 1.07. The fourth-order valence-corrected chi connectivity index (χ4v) is 23.5. The number of benzene rings is 18. The van der Waals surface area contributed by atoms with Crippen LogP contribution in [-0.4, -0.2) is 0 Å². The molecule has 5 aliphatic rings. The second-order valence-electron chi connectivity index (χ2n) is 23.3. The summed E-state index contributed by atoms with van der Waals surface area (Å²) in [6, 6.07) is 0. The van der Waals surface area contributed by atoms with Crippen LogP contribution in [0, 0.1) is 0 Å². The van der Waals surface area contributed by atoms with Crippen molar-refractivity contribution in [1.82, 2.24) is 0 Å².